The van der Waals surface area contributed by atoms with E-state index in [0.717, 1.165) is 24.3 Å². The van der Waals surface area contributed by atoms with E-state index in [9.17, 15) is 0 Å². The van der Waals surface area contributed by atoms with Crippen LogP contribution in [0.25, 0.3) is 0 Å². The molecule has 0 N–H and O–H groups in total. The number of unbranched alkanes of at least 4 members (excludes halogenated alkanes) is 8. The van der Waals surface area contributed by atoms with Crippen molar-refractivity contribution in [2.24, 2.45) is 0 Å². The first-order valence-corrected chi connectivity index (χ1v) is 14.3. The third kappa shape index (κ3) is 8.24. The third-order valence-electron chi connectivity index (χ3n) is 7.70. The number of fused-ring (bicyclic) bond motifs is 1. The fraction of sp³-hybridized carbons (Fsp3) is 0.606. The minimum atomic E-state index is 0. The quantitative estimate of drug-likeness (QED) is 0.235. The molecule has 0 aliphatic carbocycles. The van der Waals surface area contributed by atoms with E-state index >= 15 is 0 Å². The highest BCUT2D eigenvalue weighted by atomic mass is 35.5. The Hall–Kier alpha value is -2.00. The second-order valence-corrected chi connectivity index (χ2v) is 11.6. The summed E-state index contributed by atoms with van der Waals surface area (Å²) in [5.41, 5.74) is 6.95. The average molecular weight is 528 g/mol. The van der Waals surface area contributed by atoms with Gasteiger partial charge in [0.15, 0.2) is 23.3 Å². The van der Waals surface area contributed by atoms with Crippen molar-refractivity contribution in [1.82, 2.24) is 0 Å². The van der Waals surface area contributed by atoms with E-state index in [1.54, 1.807) is 14.2 Å². The molecule has 0 radical (unpaired) electrons. The van der Waals surface area contributed by atoms with Crippen molar-refractivity contribution < 1.29 is 26.5 Å². The van der Waals surface area contributed by atoms with Gasteiger partial charge < -0.3 is 21.9 Å². The number of hydrogen-bond acceptors (Lipinski definition) is 2. The Bertz CT molecular complexity index is 1000. The van der Waals surface area contributed by atoms with Gasteiger partial charge in [-0.3, -0.25) is 0 Å². The van der Waals surface area contributed by atoms with Crippen LogP contribution in [0.2, 0.25) is 0 Å². The van der Waals surface area contributed by atoms with Gasteiger partial charge in [-0.2, -0.15) is 4.58 Å². The van der Waals surface area contributed by atoms with Gasteiger partial charge in [-0.05, 0) is 42.0 Å². The molecule has 1 aliphatic rings. The zero-order valence-corrected chi connectivity index (χ0v) is 25.2. The molecule has 0 fully saturated rings. The normalized spacial score (nSPS) is 15.3. The van der Waals surface area contributed by atoms with Crippen molar-refractivity contribution in [3.8, 4) is 11.5 Å². The van der Waals surface area contributed by atoms with Gasteiger partial charge in [0.05, 0.1) is 14.2 Å². The Morgan fingerprint density at radius 3 is 1.89 bits per heavy atom. The van der Waals surface area contributed by atoms with Crippen LogP contribution in [0.5, 0.6) is 11.5 Å². The molecule has 0 saturated heterocycles. The maximum absolute atomic E-state index is 5.71. The molecule has 2 aromatic rings. The molecule has 0 aromatic heterocycles. The van der Waals surface area contributed by atoms with Crippen LogP contribution < -0.4 is 21.9 Å². The predicted molar refractivity (Wildman–Crippen MR) is 154 cm³/mol. The summed E-state index contributed by atoms with van der Waals surface area (Å²) in [6.45, 7) is 11.5. The van der Waals surface area contributed by atoms with Gasteiger partial charge in [0.25, 0.3) is 0 Å². The minimum Gasteiger partial charge on any atom is -1.00 e. The van der Waals surface area contributed by atoms with Crippen molar-refractivity contribution in [1.29, 1.82) is 0 Å². The number of nitrogens with zero attached hydrogens (tertiary/aromatic N) is 1. The summed E-state index contributed by atoms with van der Waals surface area (Å²) < 4.78 is 13.9. The Labute approximate surface area is 233 Å². The molecule has 2 aromatic carbocycles. The molecule has 3 nitrogen and oxygen atoms in total. The molecular weight excluding hydrogens is 478 g/mol. The molecule has 3 rings (SSSR count). The van der Waals surface area contributed by atoms with Gasteiger partial charge >= 0.3 is 0 Å². The summed E-state index contributed by atoms with van der Waals surface area (Å²) in [5, 5.41) is 0. The smallest absolute Gasteiger partial charge is 0.205 e. The van der Waals surface area contributed by atoms with Crippen molar-refractivity contribution in [3.05, 3.63) is 53.1 Å². The van der Waals surface area contributed by atoms with Crippen LogP contribution in [0.15, 0.2) is 36.4 Å². The van der Waals surface area contributed by atoms with Crippen LogP contribution >= 0.6 is 0 Å². The summed E-state index contributed by atoms with van der Waals surface area (Å²) in [4.78, 5) is 0. The van der Waals surface area contributed by atoms with Gasteiger partial charge in [0, 0.05) is 30.5 Å². The number of rotatable bonds is 13. The predicted octanol–water partition coefficient (Wildman–Crippen LogP) is 6.00. The van der Waals surface area contributed by atoms with E-state index in [1.165, 1.54) is 85.9 Å². The van der Waals surface area contributed by atoms with E-state index in [0.29, 0.717) is 6.04 Å². The fourth-order valence-corrected chi connectivity index (χ4v) is 5.55. The second kappa shape index (κ2) is 14.8. The van der Waals surface area contributed by atoms with Crippen LogP contribution in [0.1, 0.15) is 116 Å². The van der Waals surface area contributed by atoms with E-state index in [4.69, 9.17) is 9.47 Å². The zero-order valence-electron chi connectivity index (χ0n) is 24.5. The molecule has 1 atom stereocenters. The third-order valence-corrected chi connectivity index (χ3v) is 7.70. The summed E-state index contributed by atoms with van der Waals surface area (Å²) in [7, 11) is 3.46. The number of benzene rings is 2. The standard InChI is InChI=1S/C33H50NO2.ClH/c1-8-9-10-11-12-13-14-15-16-17-30-29-24-32(36-7)31(35-6)23-26(29)22-25(2)34(30)28-20-18-27(19-21-28)33(3,4)5;/h18-21,23-25H,8-17,22H2,1-7H3;1H/q+1;/p-1. The zero-order chi connectivity index (χ0) is 26.1. The van der Waals surface area contributed by atoms with Gasteiger partial charge in [0.1, 0.15) is 0 Å². The highest BCUT2D eigenvalue weighted by molar-refractivity contribution is 6.00. The van der Waals surface area contributed by atoms with Crippen LogP contribution in [0.4, 0.5) is 5.69 Å². The highest BCUT2D eigenvalue weighted by Crippen LogP contribution is 2.36. The maximum Gasteiger partial charge on any atom is 0.205 e. The van der Waals surface area contributed by atoms with Gasteiger partial charge in [-0.15, -0.1) is 0 Å². The molecule has 0 amide bonds. The lowest BCUT2D eigenvalue weighted by molar-refractivity contribution is -0.483. The van der Waals surface area contributed by atoms with E-state index in [-0.39, 0.29) is 17.8 Å². The molecule has 0 saturated carbocycles. The molecule has 0 spiro atoms. The number of hydrogen-bond donors (Lipinski definition) is 0. The van der Waals surface area contributed by atoms with E-state index < -0.39 is 0 Å². The molecule has 1 aliphatic heterocycles. The summed E-state index contributed by atoms with van der Waals surface area (Å²) in [6, 6.07) is 14.0. The molecule has 0 bridgehead atoms. The second-order valence-electron chi connectivity index (χ2n) is 11.6. The van der Waals surface area contributed by atoms with Crippen molar-refractivity contribution >= 4 is 11.4 Å². The van der Waals surface area contributed by atoms with E-state index in [2.05, 4.69) is 75.6 Å². The highest BCUT2D eigenvalue weighted by Gasteiger charge is 2.34. The Morgan fingerprint density at radius 2 is 1.35 bits per heavy atom. The summed E-state index contributed by atoms with van der Waals surface area (Å²) in [5.74, 6) is 1.65. The Balaban J connectivity index is 0.00000481. The lowest BCUT2D eigenvalue weighted by atomic mass is 9.86. The van der Waals surface area contributed by atoms with Crippen LogP contribution in [0.3, 0.4) is 0 Å². The number of halogens is 1. The lowest BCUT2D eigenvalue weighted by Gasteiger charge is -2.25. The molecule has 206 valence electrons. The Kier molecular flexibility index (Phi) is 12.5. The van der Waals surface area contributed by atoms with Crippen molar-refractivity contribution in [3.63, 3.8) is 0 Å². The van der Waals surface area contributed by atoms with Crippen LogP contribution in [-0.2, 0) is 11.8 Å². The minimum absolute atomic E-state index is 0. The summed E-state index contributed by atoms with van der Waals surface area (Å²) in [6.07, 6.45) is 14.2. The first kappa shape index (κ1) is 31.2. The van der Waals surface area contributed by atoms with E-state index in [1.807, 2.05) is 0 Å². The van der Waals surface area contributed by atoms with Gasteiger partial charge in [-0.25, -0.2) is 0 Å². The lowest BCUT2D eigenvalue weighted by Crippen LogP contribution is -3.00. The fourth-order valence-electron chi connectivity index (χ4n) is 5.55. The number of methoxy groups -OCH3 is 2. The summed E-state index contributed by atoms with van der Waals surface area (Å²) >= 11 is 0. The molecule has 37 heavy (non-hydrogen) atoms. The average Bonchev–Trinajstić information content (AvgIpc) is 2.86. The molecular formula is C33H50ClNO2. The van der Waals surface area contributed by atoms with Gasteiger partial charge in [-0.1, -0.05) is 91.2 Å². The Morgan fingerprint density at radius 1 is 0.811 bits per heavy atom. The SMILES string of the molecule is CCCCCCCCCCCC1=[N+](c2ccc(C(C)(C)C)cc2)C(C)Cc2cc(OC)c(OC)cc21.[Cl-]. The largest absolute Gasteiger partial charge is 1.00 e. The van der Waals surface area contributed by atoms with Crippen molar-refractivity contribution in [2.75, 3.05) is 14.2 Å². The van der Waals surface area contributed by atoms with Crippen LogP contribution in [-0.4, -0.2) is 30.5 Å². The van der Waals surface area contributed by atoms with Gasteiger partial charge in [0.2, 0.25) is 5.69 Å². The first-order valence-electron chi connectivity index (χ1n) is 14.3. The van der Waals surface area contributed by atoms with Crippen molar-refractivity contribution in [2.45, 2.75) is 117 Å². The topological polar surface area (TPSA) is 21.5 Å². The molecule has 1 unspecified atom stereocenters. The molecule has 1 heterocycles. The maximum atomic E-state index is 5.71. The molecule has 4 heteroatoms. The van der Waals surface area contributed by atoms with Crippen LogP contribution in [0, 0.1) is 0 Å². The number of ether oxygens (including phenoxy) is 2. The monoisotopic (exact) mass is 527 g/mol. The first-order chi connectivity index (χ1) is 17.3.